The number of aliphatic carboxylic acids is 1. The number of anilines is 1. The summed E-state index contributed by atoms with van der Waals surface area (Å²) in [5.74, 6) is -2.99. The zero-order chi connectivity index (χ0) is 24.6. The number of likely N-dealkylation sites (tertiary alicyclic amines) is 1. The van der Waals surface area contributed by atoms with Gasteiger partial charge in [-0.15, -0.1) is 8.78 Å². The summed E-state index contributed by atoms with van der Waals surface area (Å²) in [5.41, 5.74) is 6.71. The molecule has 2 aliphatic heterocycles. The Hall–Kier alpha value is -3.96. The first kappa shape index (κ1) is 23.2. The molecule has 0 bridgehead atoms. The van der Waals surface area contributed by atoms with Crippen molar-refractivity contribution in [3.63, 3.8) is 0 Å². The molecule has 2 aromatic rings. The van der Waals surface area contributed by atoms with Crippen LogP contribution in [0.15, 0.2) is 36.5 Å². The lowest BCUT2D eigenvalue weighted by Crippen LogP contribution is -2.68. The Balaban J connectivity index is 1.50. The Kier molecular flexibility index (Phi) is 5.98. The fourth-order valence-electron chi connectivity index (χ4n) is 4.14. The van der Waals surface area contributed by atoms with Crippen LogP contribution in [-0.2, 0) is 16.0 Å². The van der Waals surface area contributed by atoms with Gasteiger partial charge in [-0.1, -0.05) is 19.4 Å². The number of nitrogen functional groups attached to an aromatic ring is 1. The van der Waals surface area contributed by atoms with Crippen molar-refractivity contribution in [2.45, 2.75) is 44.6 Å². The molecule has 3 heterocycles. The van der Waals surface area contributed by atoms with Gasteiger partial charge in [0, 0.05) is 6.20 Å². The molecule has 2 aliphatic rings. The third-order valence-corrected chi connectivity index (χ3v) is 5.69. The van der Waals surface area contributed by atoms with Crippen LogP contribution in [0, 0.1) is 5.92 Å². The number of carboxylic acids is 1. The fourth-order valence-corrected chi connectivity index (χ4v) is 4.14. The van der Waals surface area contributed by atoms with Gasteiger partial charge >= 0.3 is 18.3 Å². The van der Waals surface area contributed by atoms with E-state index in [0.29, 0.717) is 28.9 Å². The van der Waals surface area contributed by atoms with E-state index in [1.807, 2.05) is 6.92 Å². The number of pyridine rings is 1. The number of aromatic nitrogens is 1. The number of nitrogens with zero attached hydrogens (tertiary/aromatic N) is 2. The van der Waals surface area contributed by atoms with Crippen molar-refractivity contribution in [2.24, 2.45) is 5.92 Å². The zero-order valence-corrected chi connectivity index (χ0v) is 18.0. The Bertz CT molecular complexity index is 1140. The van der Waals surface area contributed by atoms with Crippen LogP contribution in [0.1, 0.15) is 36.9 Å². The number of hydrogen-bond donors (Lipinski definition) is 3. The molecule has 4 rings (SSSR count). The molecule has 3 unspecified atom stereocenters. The molecule has 0 radical (unpaired) electrons. The van der Waals surface area contributed by atoms with Gasteiger partial charge in [0.2, 0.25) is 5.91 Å². The van der Waals surface area contributed by atoms with Crippen LogP contribution in [-0.4, -0.2) is 45.2 Å². The second-order valence-corrected chi connectivity index (χ2v) is 8.06. The summed E-state index contributed by atoms with van der Waals surface area (Å²) in [7, 11) is 0. The van der Waals surface area contributed by atoms with E-state index in [2.05, 4.69) is 19.8 Å². The number of imide groups is 1. The minimum absolute atomic E-state index is 0.0844. The largest absolute Gasteiger partial charge is 0.586 e. The maximum absolute atomic E-state index is 13.3. The van der Waals surface area contributed by atoms with Crippen LogP contribution in [0.2, 0.25) is 0 Å². The highest BCUT2D eigenvalue weighted by Gasteiger charge is 2.55. The van der Waals surface area contributed by atoms with Gasteiger partial charge in [-0.05, 0) is 48.2 Å². The first-order chi connectivity index (χ1) is 16.1. The van der Waals surface area contributed by atoms with Gasteiger partial charge in [-0.3, -0.25) is 4.79 Å². The van der Waals surface area contributed by atoms with Gasteiger partial charge in [-0.25, -0.2) is 19.5 Å². The summed E-state index contributed by atoms with van der Waals surface area (Å²) in [6.45, 7) is 1.85. The molecule has 1 fully saturated rings. The van der Waals surface area contributed by atoms with E-state index in [-0.39, 0.29) is 23.7 Å². The number of fused-ring (bicyclic) bond motifs is 1. The fraction of sp³-hybridized carbons (Fsp3) is 0.364. The molecule has 1 saturated heterocycles. The Morgan fingerprint density at radius 3 is 2.68 bits per heavy atom. The maximum Gasteiger partial charge on any atom is 0.586 e. The molecule has 0 saturated carbocycles. The number of carbonyl (C=O) groups excluding carboxylic acids is 2. The second kappa shape index (κ2) is 8.76. The molecule has 10 nitrogen and oxygen atoms in total. The van der Waals surface area contributed by atoms with Crippen LogP contribution in [0.4, 0.5) is 19.4 Å². The molecule has 3 amide bonds. The third-order valence-electron chi connectivity index (χ3n) is 5.69. The van der Waals surface area contributed by atoms with Crippen LogP contribution >= 0.6 is 0 Å². The van der Waals surface area contributed by atoms with E-state index >= 15 is 0 Å². The molecular weight excluding hydrogens is 454 g/mol. The highest BCUT2D eigenvalue weighted by molar-refractivity contribution is 6.07. The van der Waals surface area contributed by atoms with Crippen molar-refractivity contribution >= 4 is 23.7 Å². The SMILES string of the molecule is CCCC(NC(=O)N1C(=O)C(Cc2ccnc(N)c2)C1C(=O)O)c1ccc2c(c1)OC(F)(F)O2. The lowest BCUT2D eigenvalue weighted by atomic mass is 9.82. The van der Waals surface area contributed by atoms with E-state index in [9.17, 15) is 28.3 Å². The lowest BCUT2D eigenvalue weighted by molar-refractivity contribution is -0.286. The van der Waals surface area contributed by atoms with E-state index in [1.54, 1.807) is 6.07 Å². The quantitative estimate of drug-likeness (QED) is 0.518. The third kappa shape index (κ3) is 4.43. The van der Waals surface area contributed by atoms with Gasteiger partial charge in [0.1, 0.15) is 5.82 Å². The average molecular weight is 476 g/mol. The van der Waals surface area contributed by atoms with E-state index < -0.39 is 42.2 Å². The highest BCUT2D eigenvalue weighted by atomic mass is 19.3. The normalized spacial score (nSPS) is 21.0. The summed E-state index contributed by atoms with van der Waals surface area (Å²) in [5, 5.41) is 12.3. The number of carbonyl (C=O) groups is 3. The van der Waals surface area contributed by atoms with Gasteiger partial charge in [0.05, 0.1) is 12.0 Å². The molecule has 0 aliphatic carbocycles. The number of β-lactam (4-membered cyclic amide) rings is 1. The van der Waals surface area contributed by atoms with Crippen LogP contribution < -0.4 is 20.5 Å². The van der Waals surface area contributed by atoms with Crippen LogP contribution in [0.3, 0.4) is 0 Å². The summed E-state index contributed by atoms with van der Waals surface area (Å²) in [6.07, 6.45) is -1.23. The van der Waals surface area contributed by atoms with E-state index in [0.717, 1.165) is 0 Å². The van der Waals surface area contributed by atoms with Crippen LogP contribution in [0.25, 0.3) is 0 Å². The number of ether oxygens (including phenoxy) is 2. The molecule has 34 heavy (non-hydrogen) atoms. The molecule has 0 spiro atoms. The molecule has 4 N–H and O–H groups in total. The van der Waals surface area contributed by atoms with Crippen molar-refractivity contribution in [3.05, 3.63) is 47.7 Å². The number of amides is 3. The number of benzene rings is 1. The summed E-state index contributed by atoms with van der Waals surface area (Å²) >= 11 is 0. The number of nitrogens with two attached hydrogens (primary N) is 1. The van der Waals surface area contributed by atoms with Crippen molar-refractivity contribution in [2.75, 3.05) is 5.73 Å². The predicted molar refractivity (Wildman–Crippen MR) is 113 cm³/mol. The van der Waals surface area contributed by atoms with E-state index in [4.69, 9.17) is 5.73 Å². The van der Waals surface area contributed by atoms with Gasteiger partial charge < -0.3 is 25.6 Å². The summed E-state index contributed by atoms with van der Waals surface area (Å²) in [6, 6.07) is 4.34. The lowest BCUT2D eigenvalue weighted by Gasteiger charge is -2.43. The minimum atomic E-state index is -3.78. The Morgan fingerprint density at radius 2 is 2.00 bits per heavy atom. The summed E-state index contributed by atoms with van der Waals surface area (Å²) in [4.78, 5) is 42.1. The number of alkyl halides is 2. The minimum Gasteiger partial charge on any atom is -0.480 e. The average Bonchev–Trinajstić information content (AvgIpc) is 3.07. The van der Waals surface area contributed by atoms with Crippen molar-refractivity contribution in [1.82, 2.24) is 15.2 Å². The van der Waals surface area contributed by atoms with Crippen molar-refractivity contribution in [1.29, 1.82) is 0 Å². The second-order valence-electron chi connectivity index (χ2n) is 8.06. The van der Waals surface area contributed by atoms with Crippen molar-refractivity contribution < 1.29 is 37.7 Å². The first-order valence-corrected chi connectivity index (χ1v) is 10.6. The topological polar surface area (TPSA) is 144 Å². The number of halogens is 2. The molecular formula is C22H22F2N4O6. The highest BCUT2D eigenvalue weighted by Crippen LogP contribution is 2.42. The van der Waals surface area contributed by atoms with Gasteiger partial charge in [0.15, 0.2) is 17.5 Å². The maximum atomic E-state index is 13.3. The van der Waals surface area contributed by atoms with Gasteiger partial charge in [0.25, 0.3) is 0 Å². The number of nitrogens with one attached hydrogen (secondary N) is 1. The van der Waals surface area contributed by atoms with Crippen molar-refractivity contribution in [3.8, 4) is 11.5 Å². The number of hydrogen-bond acceptors (Lipinski definition) is 7. The standard InChI is InChI=1S/C22H22F2N4O6/c1-2-3-14(12-4-5-15-16(10-12)34-22(23,24)33-15)27-21(32)28-18(20(30)31)13(19(28)29)8-11-6-7-26-17(25)9-11/h4-7,9-10,13-14,18H,2-3,8H2,1H3,(H2,25,26)(H,27,32)(H,30,31). The zero-order valence-electron chi connectivity index (χ0n) is 18.0. The molecule has 1 aromatic heterocycles. The van der Waals surface area contributed by atoms with E-state index in [1.165, 1.54) is 30.5 Å². The number of rotatable bonds is 7. The monoisotopic (exact) mass is 476 g/mol. The molecule has 12 heteroatoms. The van der Waals surface area contributed by atoms with Gasteiger partial charge in [-0.2, -0.15) is 0 Å². The Labute approximate surface area is 192 Å². The predicted octanol–water partition coefficient (Wildman–Crippen LogP) is 2.69. The Morgan fingerprint density at radius 1 is 1.26 bits per heavy atom. The molecule has 1 aromatic carbocycles. The smallest absolute Gasteiger partial charge is 0.480 e. The molecule has 3 atom stereocenters. The van der Waals surface area contributed by atoms with Crippen LogP contribution in [0.5, 0.6) is 11.5 Å². The first-order valence-electron chi connectivity index (χ1n) is 10.6. The number of carboxylic acid groups (broad SMARTS) is 1. The summed E-state index contributed by atoms with van der Waals surface area (Å²) < 4.78 is 35.5. The molecule has 180 valence electrons. The number of urea groups is 1.